The summed E-state index contributed by atoms with van der Waals surface area (Å²) in [6, 6.07) is 18.0. The summed E-state index contributed by atoms with van der Waals surface area (Å²) in [7, 11) is -0.667. The molecule has 0 radical (unpaired) electrons. The first-order valence-corrected chi connectivity index (χ1v) is 20.2. The molecule has 0 atom stereocenters. The highest BCUT2D eigenvalue weighted by Crippen LogP contribution is 2.33. The second kappa shape index (κ2) is 14.7. The van der Waals surface area contributed by atoms with Gasteiger partial charge in [0.15, 0.2) is 10.5 Å². The van der Waals surface area contributed by atoms with Gasteiger partial charge >= 0.3 is 5.97 Å². The molecule has 0 saturated carbocycles. The van der Waals surface area contributed by atoms with E-state index in [2.05, 4.69) is 41.6 Å². The Morgan fingerprint density at radius 3 is 2.57 bits per heavy atom. The first-order chi connectivity index (χ1) is 22.3. The van der Waals surface area contributed by atoms with E-state index in [-0.39, 0.29) is 5.91 Å². The number of para-hydroxylation sites is 1. The number of hydrogen-bond acceptors (Lipinski definition) is 7. The molecular formula is C37H48N4O4S2. The third-order valence-corrected chi connectivity index (χ3v) is 10.5. The number of pyridine rings is 1. The zero-order valence-corrected chi connectivity index (χ0v) is 30.4. The minimum Gasteiger partial charge on any atom is -0.455 e. The van der Waals surface area contributed by atoms with Gasteiger partial charge in [0.25, 0.3) is 5.91 Å². The van der Waals surface area contributed by atoms with E-state index in [4.69, 9.17) is 14.5 Å². The summed E-state index contributed by atoms with van der Waals surface area (Å²) in [5.74, 6) is 1.04. The van der Waals surface area contributed by atoms with Gasteiger partial charge in [-0.25, -0.2) is 19.8 Å². The highest BCUT2D eigenvalue weighted by atomic mass is 32.3. The molecule has 47 heavy (non-hydrogen) atoms. The number of carbonyl (C=O) groups excluding carboxylic acids is 2. The number of unbranched alkanes of at least 4 members (excludes halogenated alkanes) is 1. The van der Waals surface area contributed by atoms with Crippen molar-refractivity contribution < 1.29 is 19.1 Å². The first-order valence-electron chi connectivity index (χ1n) is 16.3. The molecule has 0 spiro atoms. The number of benzene rings is 2. The van der Waals surface area contributed by atoms with Crippen LogP contribution in [0.25, 0.3) is 10.2 Å². The molecule has 1 aliphatic heterocycles. The molecule has 10 heteroatoms. The fourth-order valence-corrected chi connectivity index (χ4v) is 7.18. The monoisotopic (exact) mass is 676 g/mol. The maximum atomic E-state index is 13.9. The number of aryl methyl sites for hydroxylation is 1. The Hall–Kier alpha value is -3.47. The van der Waals surface area contributed by atoms with Crippen LogP contribution in [0.3, 0.4) is 0 Å². The molecule has 3 heterocycles. The van der Waals surface area contributed by atoms with Gasteiger partial charge < -0.3 is 14.4 Å². The lowest BCUT2D eigenvalue weighted by molar-refractivity contribution is 0.00614. The molecular weight excluding hydrogens is 629 g/mol. The van der Waals surface area contributed by atoms with E-state index < -0.39 is 21.6 Å². The van der Waals surface area contributed by atoms with Crippen LogP contribution < -0.4 is 9.70 Å². The molecule has 5 rings (SSSR count). The van der Waals surface area contributed by atoms with Crippen molar-refractivity contribution in [2.45, 2.75) is 72.3 Å². The zero-order valence-electron chi connectivity index (χ0n) is 28.8. The zero-order chi connectivity index (χ0) is 33.8. The van der Waals surface area contributed by atoms with E-state index in [9.17, 15) is 9.59 Å². The largest absolute Gasteiger partial charge is 0.455 e. The Bertz CT molecular complexity index is 1810. The Morgan fingerprint density at radius 1 is 1.04 bits per heavy atom. The normalized spacial score (nSPS) is 14.4. The molecule has 2 aromatic carbocycles. The van der Waals surface area contributed by atoms with Crippen molar-refractivity contribution in [3.8, 4) is 0 Å². The average Bonchev–Trinajstić information content (AvgIpc) is 3.36. The Morgan fingerprint density at radius 2 is 1.83 bits per heavy atom. The smallest absolute Gasteiger partial charge is 0.357 e. The van der Waals surface area contributed by atoms with Crippen molar-refractivity contribution in [2.24, 2.45) is 4.99 Å². The summed E-state index contributed by atoms with van der Waals surface area (Å²) < 4.78 is 14.9. The van der Waals surface area contributed by atoms with Gasteiger partial charge in [-0.2, -0.15) is 4.99 Å². The minimum absolute atomic E-state index is 0.277. The number of hydrogen-bond donors (Lipinski definition) is 0. The number of ether oxygens (including phenoxy) is 2. The summed E-state index contributed by atoms with van der Waals surface area (Å²) in [5, 5.41) is 0. The lowest BCUT2D eigenvalue weighted by Crippen LogP contribution is -2.33. The van der Waals surface area contributed by atoms with Crippen molar-refractivity contribution in [1.29, 1.82) is 0 Å². The fraction of sp³-hybridized carbons (Fsp3) is 0.459. The molecule has 4 aromatic rings. The molecule has 0 N–H and O–H groups in total. The maximum Gasteiger partial charge on any atom is 0.357 e. The molecule has 1 amide bonds. The fourth-order valence-electron chi connectivity index (χ4n) is 5.55. The second-order valence-corrected chi connectivity index (χ2v) is 19.5. The van der Waals surface area contributed by atoms with E-state index in [1.54, 1.807) is 0 Å². The number of thiazole rings is 1. The van der Waals surface area contributed by atoms with Crippen LogP contribution in [0, 0.1) is 0 Å². The molecule has 0 unspecified atom stereocenters. The molecule has 0 fully saturated rings. The van der Waals surface area contributed by atoms with Crippen LogP contribution in [0.15, 0.2) is 59.6 Å². The van der Waals surface area contributed by atoms with Gasteiger partial charge in [0, 0.05) is 24.4 Å². The van der Waals surface area contributed by atoms with Gasteiger partial charge in [-0.05, 0) is 99.8 Å². The van der Waals surface area contributed by atoms with E-state index in [0.717, 1.165) is 64.9 Å². The van der Waals surface area contributed by atoms with Gasteiger partial charge in [0.2, 0.25) is 0 Å². The van der Waals surface area contributed by atoms with Gasteiger partial charge in [-0.3, -0.25) is 9.36 Å². The number of nitrogens with zero attached hydrogens (tertiary/aromatic N) is 4. The minimum atomic E-state index is -0.667. The lowest BCUT2D eigenvalue weighted by atomic mass is 9.94. The number of esters is 1. The first kappa shape index (κ1) is 34.9. The number of aromatic nitrogens is 2. The van der Waals surface area contributed by atoms with Crippen LogP contribution in [-0.2, 0) is 35.6 Å². The van der Waals surface area contributed by atoms with Crippen molar-refractivity contribution >= 4 is 49.3 Å². The van der Waals surface area contributed by atoms with Crippen molar-refractivity contribution in [2.75, 3.05) is 42.6 Å². The Labute approximate surface area is 284 Å². The molecule has 0 aliphatic carbocycles. The predicted octanol–water partition coefficient (Wildman–Crippen LogP) is 7.37. The van der Waals surface area contributed by atoms with Gasteiger partial charge in [0.1, 0.15) is 18.1 Å². The number of carbonyl (C=O) groups is 2. The van der Waals surface area contributed by atoms with Crippen LogP contribution in [0.2, 0.25) is 0 Å². The predicted molar refractivity (Wildman–Crippen MR) is 195 cm³/mol. The van der Waals surface area contributed by atoms with E-state index in [1.165, 1.54) is 11.3 Å². The summed E-state index contributed by atoms with van der Waals surface area (Å²) in [4.78, 5) is 39.5. The number of fused-ring (bicyclic) bond motifs is 2. The van der Waals surface area contributed by atoms with E-state index in [0.29, 0.717) is 41.8 Å². The van der Waals surface area contributed by atoms with Crippen LogP contribution in [0.5, 0.6) is 0 Å². The van der Waals surface area contributed by atoms with Gasteiger partial charge in [-0.1, -0.05) is 55.0 Å². The van der Waals surface area contributed by atoms with Crippen LogP contribution in [-0.4, -0.2) is 64.7 Å². The van der Waals surface area contributed by atoms with Gasteiger partial charge in [-0.15, -0.1) is 0 Å². The summed E-state index contributed by atoms with van der Waals surface area (Å²) in [6.07, 6.45) is 10.3. The molecule has 2 aromatic heterocycles. The molecule has 1 aliphatic rings. The summed E-state index contributed by atoms with van der Waals surface area (Å²) >= 11 is 1.50. The van der Waals surface area contributed by atoms with Crippen molar-refractivity contribution in [3.63, 3.8) is 0 Å². The summed E-state index contributed by atoms with van der Waals surface area (Å²) in [5.41, 5.74) is 4.31. The van der Waals surface area contributed by atoms with Gasteiger partial charge in [0.05, 0.1) is 16.8 Å². The molecule has 8 nitrogen and oxygen atoms in total. The third-order valence-electron chi connectivity index (χ3n) is 8.03. The van der Waals surface area contributed by atoms with Crippen LogP contribution in [0.4, 0.5) is 5.82 Å². The number of anilines is 1. The highest BCUT2D eigenvalue weighted by molar-refractivity contribution is 8.32. The maximum absolute atomic E-state index is 13.9. The molecule has 0 saturated heterocycles. The SMILES string of the molecule is CCCCc1ccc(N2CCc3cccc(C(=O)N=c4sc5ccccc5n4COCCS(C)(C)C)c3C2)nc1C(=O)OC(C)(C)C. The van der Waals surface area contributed by atoms with E-state index >= 15 is 0 Å². The van der Waals surface area contributed by atoms with Crippen molar-refractivity contribution in [1.82, 2.24) is 9.55 Å². The standard InChI is InChI=1S/C37H48N4O4S2/c1-8-9-13-27-18-19-32(38-33(27)35(43)45-37(2,3)4)40-21-20-26-14-12-15-28(29(26)24-40)34(42)39-36-41(25-44-22-23-47(5,6)7)30-16-10-11-17-31(30)46-36/h10-12,14-19H,8-9,13,20-25H2,1-7H3. The second-order valence-electron chi connectivity index (χ2n) is 13.9. The topological polar surface area (TPSA) is 86.0 Å². The van der Waals surface area contributed by atoms with Crippen molar-refractivity contribution in [3.05, 3.63) is 87.3 Å². The van der Waals surface area contributed by atoms with E-state index in [1.807, 2.05) is 73.9 Å². The Balaban J connectivity index is 1.44. The third kappa shape index (κ3) is 8.91. The van der Waals surface area contributed by atoms with Crippen LogP contribution >= 0.6 is 21.4 Å². The highest BCUT2D eigenvalue weighted by Gasteiger charge is 2.26. The lowest BCUT2D eigenvalue weighted by Gasteiger charge is -2.31. The average molecular weight is 677 g/mol. The van der Waals surface area contributed by atoms with Crippen LogP contribution in [0.1, 0.15) is 78.1 Å². The number of amides is 1. The number of rotatable bonds is 11. The summed E-state index contributed by atoms with van der Waals surface area (Å²) in [6.45, 7) is 9.95. The Kier molecular flexibility index (Phi) is 10.9. The molecule has 252 valence electrons. The quantitative estimate of drug-likeness (QED) is 0.122. The molecule has 0 bridgehead atoms.